The van der Waals surface area contributed by atoms with Gasteiger partial charge < -0.3 is 20.1 Å². The molecule has 0 aliphatic carbocycles. The van der Waals surface area contributed by atoms with E-state index in [4.69, 9.17) is 4.74 Å². The van der Waals surface area contributed by atoms with Gasteiger partial charge >= 0.3 is 0 Å². The third kappa shape index (κ3) is 3.30. The Kier molecular flexibility index (Phi) is 4.49. The number of aromatic hydroxyl groups is 3. The van der Waals surface area contributed by atoms with Gasteiger partial charge in [-0.1, -0.05) is 48.5 Å². The molecule has 0 fully saturated rings. The lowest BCUT2D eigenvalue weighted by atomic mass is 9.93. The molecular weight excluding hydrogens is 356 g/mol. The fraction of sp³-hybridized carbons (Fsp3) is 0.0870. The van der Waals surface area contributed by atoms with Crippen LogP contribution in [0.4, 0.5) is 0 Å². The van der Waals surface area contributed by atoms with Gasteiger partial charge in [0.15, 0.2) is 5.78 Å². The molecule has 0 radical (unpaired) electrons. The van der Waals surface area contributed by atoms with Crippen molar-refractivity contribution in [2.45, 2.75) is 12.5 Å². The van der Waals surface area contributed by atoms with Gasteiger partial charge in [0, 0.05) is 6.07 Å². The summed E-state index contributed by atoms with van der Waals surface area (Å²) in [4.78, 5) is 12.7. The number of Topliss-reactive ketones (excluding diaryl/α,β-unsaturated/α-hetero) is 1. The molecule has 0 spiro atoms. The number of ketones is 1. The zero-order valence-corrected chi connectivity index (χ0v) is 14.9. The number of phenolic OH excluding ortho intramolecular Hbond substituents is 3. The Labute approximate surface area is 161 Å². The minimum absolute atomic E-state index is 0.0535. The Morgan fingerprint density at radius 2 is 1.61 bits per heavy atom. The average molecular weight is 374 g/mol. The number of hydrogen-bond acceptors (Lipinski definition) is 5. The van der Waals surface area contributed by atoms with E-state index in [1.165, 1.54) is 12.1 Å². The lowest BCUT2D eigenvalue weighted by Gasteiger charge is -2.27. The summed E-state index contributed by atoms with van der Waals surface area (Å²) < 4.78 is 6.04. The van der Waals surface area contributed by atoms with Gasteiger partial charge in [-0.3, -0.25) is 4.79 Å². The molecule has 0 bridgehead atoms. The zero-order chi connectivity index (χ0) is 19.7. The monoisotopic (exact) mass is 374 g/mol. The van der Waals surface area contributed by atoms with Crippen LogP contribution in [0.5, 0.6) is 23.0 Å². The molecule has 0 aromatic heterocycles. The van der Waals surface area contributed by atoms with E-state index in [0.29, 0.717) is 5.56 Å². The minimum Gasteiger partial charge on any atom is -0.508 e. The summed E-state index contributed by atoms with van der Waals surface area (Å²) in [5, 5.41) is 30.0. The van der Waals surface area contributed by atoms with Crippen LogP contribution in [-0.4, -0.2) is 21.1 Å². The number of rotatable bonds is 3. The van der Waals surface area contributed by atoms with Crippen molar-refractivity contribution in [2.24, 2.45) is 0 Å². The maximum atomic E-state index is 12.7. The molecule has 1 unspecified atom stereocenters. The quantitative estimate of drug-likeness (QED) is 0.580. The highest BCUT2D eigenvalue weighted by Gasteiger charge is 2.33. The molecule has 3 aromatic rings. The molecule has 5 heteroatoms. The lowest BCUT2D eigenvalue weighted by Crippen LogP contribution is -2.21. The molecule has 0 amide bonds. The Hall–Kier alpha value is -3.73. The molecule has 1 aliphatic rings. The fourth-order valence-corrected chi connectivity index (χ4v) is 3.27. The SMILES string of the molecule is O=C1CC(c2ccc(O)cc2)Oc2c(/C=C/c3ccccc3)c(O)cc(O)c21. The maximum absolute atomic E-state index is 12.7. The number of phenols is 3. The van der Waals surface area contributed by atoms with E-state index in [0.717, 1.165) is 17.2 Å². The molecule has 0 saturated carbocycles. The van der Waals surface area contributed by atoms with Crippen LogP contribution in [0.2, 0.25) is 0 Å². The van der Waals surface area contributed by atoms with E-state index in [9.17, 15) is 20.1 Å². The normalized spacial score (nSPS) is 16.0. The topological polar surface area (TPSA) is 87.0 Å². The molecule has 28 heavy (non-hydrogen) atoms. The summed E-state index contributed by atoms with van der Waals surface area (Å²) in [7, 11) is 0. The van der Waals surface area contributed by atoms with Crippen molar-refractivity contribution < 1.29 is 24.9 Å². The Balaban J connectivity index is 1.78. The lowest BCUT2D eigenvalue weighted by molar-refractivity contribution is 0.0844. The second-order valence-corrected chi connectivity index (χ2v) is 6.60. The number of ether oxygens (including phenoxy) is 1. The molecule has 4 rings (SSSR count). The first-order chi connectivity index (χ1) is 13.5. The van der Waals surface area contributed by atoms with Gasteiger partial charge in [0.25, 0.3) is 0 Å². The number of carbonyl (C=O) groups is 1. The second-order valence-electron chi connectivity index (χ2n) is 6.60. The van der Waals surface area contributed by atoms with Gasteiger partial charge in [0.2, 0.25) is 0 Å². The van der Waals surface area contributed by atoms with Crippen LogP contribution in [0, 0.1) is 0 Å². The molecule has 1 aliphatic heterocycles. The summed E-state index contributed by atoms with van der Waals surface area (Å²) in [5.41, 5.74) is 2.03. The van der Waals surface area contributed by atoms with Crippen LogP contribution in [0.15, 0.2) is 60.7 Å². The van der Waals surface area contributed by atoms with Crippen molar-refractivity contribution in [3.05, 3.63) is 82.9 Å². The standard InChI is InChI=1S/C23H18O5/c24-16-9-7-15(8-10-16)21-13-20(27)22-19(26)12-18(25)17(23(22)28-21)11-6-14-4-2-1-3-5-14/h1-12,21,24-26H,13H2/b11-6+. The first-order valence-electron chi connectivity index (χ1n) is 8.84. The van der Waals surface area contributed by atoms with Crippen molar-refractivity contribution >= 4 is 17.9 Å². The van der Waals surface area contributed by atoms with E-state index in [-0.39, 0.29) is 40.8 Å². The predicted octanol–water partition coefficient (Wildman–Crippen LogP) is 4.68. The molecule has 1 heterocycles. The van der Waals surface area contributed by atoms with Crippen molar-refractivity contribution in [2.75, 3.05) is 0 Å². The van der Waals surface area contributed by atoms with Gasteiger partial charge in [-0.2, -0.15) is 0 Å². The number of benzene rings is 3. The van der Waals surface area contributed by atoms with Crippen molar-refractivity contribution in [3.8, 4) is 23.0 Å². The van der Waals surface area contributed by atoms with E-state index >= 15 is 0 Å². The molecule has 0 saturated heterocycles. The molecule has 3 N–H and O–H groups in total. The first-order valence-corrected chi connectivity index (χ1v) is 8.84. The number of fused-ring (bicyclic) bond motifs is 1. The molecule has 3 aromatic carbocycles. The zero-order valence-electron chi connectivity index (χ0n) is 14.9. The number of carbonyl (C=O) groups excluding carboxylic acids is 1. The third-order valence-corrected chi connectivity index (χ3v) is 4.69. The average Bonchev–Trinajstić information content (AvgIpc) is 2.68. The Bertz CT molecular complexity index is 1050. The first kappa shape index (κ1) is 17.7. The van der Waals surface area contributed by atoms with Crippen molar-refractivity contribution in [1.29, 1.82) is 0 Å². The fourth-order valence-electron chi connectivity index (χ4n) is 3.27. The van der Waals surface area contributed by atoms with Crippen LogP contribution >= 0.6 is 0 Å². The summed E-state index contributed by atoms with van der Waals surface area (Å²) in [6.07, 6.45) is 2.93. The highest BCUT2D eigenvalue weighted by molar-refractivity contribution is 6.04. The van der Waals surface area contributed by atoms with Crippen molar-refractivity contribution in [1.82, 2.24) is 0 Å². The van der Waals surface area contributed by atoms with Gasteiger partial charge in [0.1, 0.15) is 34.7 Å². The van der Waals surface area contributed by atoms with Gasteiger partial charge in [-0.05, 0) is 29.3 Å². The van der Waals surface area contributed by atoms with E-state index in [2.05, 4.69) is 0 Å². The summed E-state index contributed by atoms with van der Waals surface area (Å²) in [5.74, 6) is -0.487. The van der Waals surface area contributed by atoms with Gasteiger partial charge in [-0.25, -0.2) is 0 Å². The van der Waals surface area contributed by atoms with Crippen LogP contribution in [-0.2, 0) is 0 Å². The van der Waals surface area contributed by atoms with E-state index < -0.39 is 6.10 Å². The summed E-state index contributed by atoms with van der Waals surface area (Å²) in [6.45, 7) is 0. The minimum atomic E-state index is -0.578. The second kappa shape index (κ2) is 7.12. The summed E-state index contributed by atoms with van der Waals surface area (Å²) in [6, 6.07) is 17.1. The highest BCUT2D eigenvalue weighted by Crippen LogP contribution is 2.46. The largest absolute Gasteiger partial charge is 0.508 e. The van der Waals surface area contributed by atoms with Crippen LogP contribution in [0.3, 0.4) is 0 Å². The smallest absolute Gasteiger partial charge is 0.174 e. The van der Waals surface area contributed by atoms with Crippen LogP contribution in [0.25, 0.3) is 12.2 Å². The highest BCUT2D eigenvalue weighted by atomic mass is 16.5. The molecular formula is C23H18O5. The maximum Gasteiger partial charge on any atom is 0.174 e. The van der Waals surface area contributed by atoms with Gasteiger partial charge in [0.05, 0.1) is 12.0 Å². The molecule has 1 atom stereocenters. The van der Waals surface area contributed by atoms with Gasteiger partial charge in [-0.15, -0.1) is 0 Å². The van der Waals surface area contributed by atoms with Crippen molar-refractivity contribution in [3.63, 3.8) is 0 Å². The molecule has 140 valence electrons. The van der Waals surface area contributed by atoms with Crippen LogP contribution < -0.4 is 4.74 Å². The van der Waals surface area contributed by atoms with E-state index in [1.54, 1.807) is 24.3 Å². The Morgan fingerprint density at radius 3 is 2.32 bits per heavy atom. The number of hydrogen-bond donors (Lipinski definition) is 3. The third-order valence-electron chi connectivity index (χ3n) is 4.69. The summed E-state index contributed by atoms with van der Waals surface area (Å²) >= 11 is 0. The molecule has 5 nitrogen and oxygen atoms in total. The Morgan fingerprint density at radius 1 is 0.893 bits per heavy atom. The predicted molar refractivity (Wildman–Crippen MR) is 106 cm³/mol. The van der Waals surface area contributed by atoms with E-state index in [1.807, 2.05) is 30.3 Å². The van der Waals surface area contributed by atoms with Crippen LogP contribution in [0.1, 0.15) is 39.6 Å².